The summed E-state index contributed by atoms with van der Waals surface area (Å²) in [5.41, 5.74) is 6.05. The number of carbonyl (C=O) groups is 1. The molecule has 2 N–H and O–H groups in total. The van der Waals surface area contributed by atoms with Crippen molar-refractivity contribution in [2.45, 2.75) is 51.5 Å². The predicted octanol–water partition coefficient (Wildman–Crippen LogP) is 1.45. The van der Waals surface area contributed by atoms with E-state index in [1.54, 1.807) is 0 Å². The van der Waals surface area contributed by atoms with Gasteiger partial charge in [-0.1, -0.05) is 26.2 Å². The van der Waals surface area contributed by atoms with Gasteiger partial charge >= 0.3 is 0 Å². The van der Waals surface area contributed by atoms with Crippen LogP contribution in [0.25, 0.3) is 0 Å². The van der Waals surface area contributed by atoms with Crippen molar-refractivity contribution in [1.82, 2.24) is 9.80 Å². The van der Waals surface area contributed by atoms with E-state index in [-0.39, 0.29) is 6.04 Å². The molecule has 0 aromatic rings. The van der Waals surface area contributed by atoms with Crippen molar-refractivity contribution >= 4 is 5.91 Å². The van der Waals surface area contributed by atoms with Gasteiger partial charge in [0.15, 0.2) is 0 Å². The Morgan fingerprint density at radius 3 is 2.37 bits per heavy atom. The van der Waals surface area contributed by atoms with Crippen LogP contribution in [0.2, 0.25) is 0 Å². The van der Waals surface area contributed by atoms with Crippen molar-refractivity contribution in [1.29, 1.82) is 0 Å². The number of hydrogen-bond acceptors (Lipinski definition) is 3. The van der Waals surface area contributed by atoms with Crippen molar-refractivity contribution in [3.63, 3.8) is 0 Å². The van der Waals surface area contributed by atoms with Crippen LogP contribution < -0.4 is 5.73 Å². The van der Waals surface area contributed by atoms with Gasteiger partial charge in [-0.25, -0.2) is 0 Å². The Kier molecular flexibility index (Phi) is 5.64. The van der Waals surface area contributed by atoms with Gasteiger partial charge in [-0.3, -0.25) is 9.69 Å². The van der Waals surface area contributed by atoms with Gasteiger partial charge < -0.3 is 10.6 Å². The first-order valence-electron chi connectivity index (χ1n) is 7.91. The van der Waals surface area contributed by atoms with E-state index in [1.165, 1.54) is 32.1 Å². The molecule has 0 spiro atoms. The Balaban J connectivity index is 1.81. The standard InChI is InChI=1S/C15H29N3O/c1-13-9-14(16)11-17(10-13)12-15(19)18-7-5-3-2-4-6-8-18/h13-14H,2-12,16H2,1H3. The molecule has 2 aliphatic heterocycles. The normalized spacial score (nSPS) is 30.7. The summed E-state index contributed by atoms with van der Waals surface area (Å²) in [7, 11) is 0. The summed E-state index contributed by atoms with van der Waals surface area (Å²) in [6.07, 6.45) is 7.31. The minimum Gasteiger partial charge on any atom is -0.342 e. The van der Waals surface area contributed by atoms with Crippen LogP contribution >= 0.6 is 0 Å². The molecule has 2 atom stereocenters. The topological polar surface area (TPSA) is 49.6 Å². The lowest BCUT2D eigenvalue weighted by Gasteiger charge is -2.35. The second-order valence-corrected chi connectivity index (χ2v) is 6.44. The molecule has 0 aromatic carbocycles. The maximum Gasteiger partial charge on any atom is 0.236 e. The summed E-state index contributed by atoms with van der Waals surface area (Å²) in [6, 6.07) is 0.240. The number of likely N-dealkylation sites (tertiary alicyclic amines) is 2. The third-order valence-electron chi connectivity index (χ3n) is 4.34. The SMILES string of the molecule is CC1CC(N)CN(CC(=O)N2CCCCCCC2)C1. The van der Waals surface area contributed by atoms with Crippen LogP contribution in [0.15, 0.2) is 0 Å². The highest BCUT2D eigenvalue weighted by molar-refractivity contribution is 5.78. The second kappa shape index (κ2) is 7.25. The van der Waals surface area contributed by atoms with E-state index in [4.69, 9.17) is 5.73 Å². The van der Waals surface area contributed by atoms with Crippen LogP contribution in [0.3, 0.4) is 0 Å². The summed E-state index contributed by atoms with van der Waals surface area (Å²) in [5.74, 6) is 0.923. The van der Waals surface area contributed by atoms with Crippen LogP contribution in [0, 0.1) is 5.92 Å². The van der Waals surface area contributed by atoms with E-state index in [0.717, 1.165) is 32.6 Å². The molecule has 1 amide bonds. The molecule has 2 saturated heterocycles. The third-order valence-corrected chi connectivity index (χ3v) is 4.34. The maximum atomic E-state index is 12.4. The minimum absolute atomic E-state index is 0.240. The number of nitrogens with two attached hydrogens (primary N) is 1. The van der Waals surface area contributed by atoms with Gasteiger partial charge in [-0.15, -0.1) is 0 Å². The van der Waals surface area contributed by atoms with Crippen LogP contribution in [0.4, 0.5) is 0 Å². The highest BCUT2D eigenvalue weighted by Crippen LogP contribution is 2.16. The van der Waals surface area contributed by atoms with Crippen molar-refractivity contribution in [3.05, 3.63) is 0 Å². The smallest absolute Gasteiger partial charge is 0.236 e. The molecule has 0 bridgehead atoms. The van der Waals surface area contributed by atoms with Gasteiger partial charge in [0.1, 0.15) is 0 Å². The van der Waals surface area contributed by atoms with Gasteiger partial charge in [-0.2, -0.15) is 0 Å². The molecule has 4 heteroatoms. The van der Waals surface area contributed by atoms with Gasteiger partial charge in [-0.05, 0) is 25.2 Å². The number of piperidine rings is 1. The monoisotopic (exact) mass is 267 g/mol. The summed E-state index contributed by atoms with van der Waals surface area (Å²) in [5, 5.41) is 0. The van der Waals surface area contributed by atoms with E-state index < -0.39 is 0 Å². The zero-order chi connectivity index (χ0) is 13.7. The van der Waals surface area contributed by atoms with Crippen LogP contribution in [-0.2, 0) is 4.79 Å². The highest BCUT2D eigenvalue weighted by atomic mass is 16.2. The fourth-order valence-corrected chi connectivity index (χ4v) is 3.43. The fourth-order valence-electron chi connectivity index (χ4n) is 3.43. The summed E-state index contributed by atoms with van der Waals surface area (Å²) >= 11 is 0. The van der Waals surface area contributed by atoms with Crippen LogP contribution in [0.1, 0.15) is 45.4 Å². The number of hydrogen-bond donors (Lipinski definition) is 1. The van der Waals surface area contributed by atoms with E-state index in [9.17, 15) is 4.79 Å². The second-order valence-electron chi connectivity index (χ2n) is 6.44. The first kappa shape index (κ1) is 14.8. The largest absolute Gasteiger partial charge is 0.342 e. The zero-order valence-corrected chi connectivity index (χ0v) is 12.3. The molecule has 2 heterocycles. The van der Waals surface area contributed by atoms with E-state index in [2.05, 4.69) is 16.7 Å². The molecule has 2 fully saturated rings. The Bertz CT molecular complexity index is 277. The predicted molar refractivity (Wildman–Crippen MR) is 77.9 cm³/mol. The van der Waals surface area contributed by atoms with Crippen molar-refractivity contribution in [2.75, 3.05) is 32.7 Å². The van der Waals surface area contributed by atoms with Crippen molar-refractivity contribution < 1.29 is 4.79 Å². The number of amides is 1. The molecule has 4 nitrogen and oxygen atoms in total. The van der Waals surface area contributed by atoms with Crippen molar-refractivity contribution in [2.24, 2.45) is 11.7 Å². The Hall–Kier alpha value is -0.610. The molecule has 2 aliphatic rings. The highest BCUT2D eigenvalue weighted by Gasteiger charge is 2.25. The Labute approximate surface area is 117 Å². The first-order valence-corrected chi connectivity index (χ1v) is 7.91. The number of rotatable bonds is 2. The summed E-state index contributed by atoms with van der Waals surface area (Å²) < 4.78 is 0. The summed E-state index contributed by atoms with van der Waals surface area (Å²) in [6.45, 7) is 6.60. The number of nitrogens with zero attached hydrogens (tertiary/aromatic N) is 2. The Morgan fingerprint density at radius 2 is 1.74 bits per heavy atom. The zero-order valence-electron chi connectivity index (χ0n) is 12.3. The van der Waals surface area contributed by atoms with Crippen LogP contribution in [0.5, 0.6) is 0 Å². The molecule has 2 rings (SSSR count). The third kappa shape index (κ3) is 4.77. The molecule has 0 saturated carbocycles. The van der Waals surface area contributed by atoms with Gasteiger partial charge in [0.05, 0.1) is 6.54 Å². The lowest BCUT2D eigenvalue weighted by Crippen LogP contribution is -2.50. The molecular weight excluding hydrogens is 238 g/mol. The fraction of sp³-hybridized carbons (Fsp3) is 0.933. The van der Waals surface area contributed by atoms with Crippen LogP contribution in [-0.4, -0.2) is 54.5 Å². The van der Waals surface area contributed by atoms with E-state index in [1.807, 2.05) is 0 Å². The minimum atomic E-state index is 0.240. The van der Waals surface area contributed by atoms with E-state index in [0.29, 0.717) is 18.4 Å². The van der Waals surface area contributed by atoms with Gasteiger partial charge in [0, 0.05) is 32.2 Å². The molecule has 110 valence electrons. The molecule has 19 heavy (non-hydrogen) atoms. The average molecular weight is 267 g/mol. The number of carbonyl (C=O) groups excluding carboxylic acids is 1. The molecule has 0 aliphatic carbocycles. The molecule has 0 radical (unpaired) electrons. The van der Waals surface area contributed by atoms with Crippen molar-refractivity contribution in [3.8, 4) is 0 Å². The van der Waals surface area contributed by atoms with Gasteiger partial charge in [0.2, 0.25) is 5.91 Å². The first-order chi connectivity index (χ1) is 9.15. The lowest BCUT2D eigenvalue weighted by atomic mass is 9.96. The molecule has 2 unspecified atom stereocenters. The summed E-state index contributed by atoms with van der Waals surface area (Å²) in [4.78, 5) is 16.7. The quantitative estimate of drug-likeness (QED) is 0.824. The Morgan fingerprint density at radius 1 is 1.11 bits per heavy atom. The maximum absolute atomic E-state index is 12.4. The van der Waals surface area contributed by atoms with E-state index >= 15 is 0 Å². The molecular formula is C15H29N3O. The lowest BCUT2D eigenvalue weighted by molar-refractivity contribution is -0.133. The average Bonchev–Trinajstić information content (AvgIpc) is 2.26. The molecule has 0 aromatic heterocycles. The van der Waals surface area contributed by atoms with Gasteiger partial charge in [0.25, 0.3) is 0 Å².